The van der Waals surface area contributed by atoms with Gasteiger partial charge >= 0.3 is 6.09 Å². The summed E-state index contributed by atoms with van der Waals surface area (Å²) in [7, 11) is 1.61. The molecule has 1 amide bonds. The van der Waals surface area contributed by atoms with E-state index in [0.29, 0.717) is 12.3 Å². The molecule has 0 bridgehead atoms. The van der Waals surface area contributed by atoms with Crippen molar-refractivity contribution in [2.45, 2.75) is 72.6 Å². The third-order valence-corrected chi connectivity index (χ3v) is 5.49. The van der Waals surface area contributed by atoms with Crippen molar-refractivity contribution >= 4 is 6.09 Å². The van der Waals surface area contributed by atoms with E-state index in [2.05, 4.69) is 0 Å². The van der Waals surface area contributed by atoms with Gasteiger partial charge in [-0.15, -0.1) is 0 Å². The number of aliphatic hydroxyl groups is 1. The van der Waals surface area contributed by atoms with Crippen LogP contribution in [0.25, 0.3) is 0 Å². The SMILES string of the molecule is COc1cccc([C@@H]2N(C(=O)OC(C)(C)C)CC(C)(C)[C@@]2(O)C(C)(C)C)c1. The Balaban J connectivity index is 2.64. The quantitative estimate of drug-likeness (QED) is 0.805. The zero-order valence-electron chi connectivity index (χ0n) is 18.2. The summed E-state index contributed by atoms with van der Waals surface area (Å²) in [6, 6.07) is 7.02. The number of ether oxygens (including phenoxy) is 2. The number of carbonyl (C=O) groups is 1. The van der Waals surface area contributed by atoms with E-state index < -0.39 is 34.2 Å². The highest BCUT2D eigenvalue weighted by atomic mass is 16.6. The standard InChI is InChI=1S/C22H35NO4/c1-19(2,3)22(25)17(15-11-10-12-16(13-15)26-9)23(14-21(22,7)8)18(24)27-20(4,5)6/h10-13,17,25H,14H2,1-9H3/t17-,22-/m0/s1. The van der Waals surface area contributed by atoms with Gasteiger partial charge in [-0.05, 0) is 43.9 Å². The van der Waals surface area contributed by atoms with Gasteiger partial charge in [0.1, 0.15) is 17.0 Å². The molecule has 5 nitrogen and oxygen atoms in total. The van der Waals surface area contributed by atoms with Crippen LogP contribution in [0.1, 0.15) is 67.0 Å². The van der Waals surface area contributed by atoms with E-state index in [-0.39, 0.29) is 0 Å². The van der Waals surface area contributed by atoms with Crippen LogP contribution < -0.4 is 4.74 Å². The minimum Gasteiger partial charge on any atom is -0.497 e. The molecule has 27 heavy (non-hydrogen) atoms. The molecule has 1 aliphatic heterocycles. The van der Waals surface area contributed by atoms with Gasteiger partial charge in [0.25, 0.3) is 0 Å². The molecule has 1 saturated heterocycles. The van der Waals surface area contributed by atoms with Crippen LogP contribution in [0.4, 0.5) is 4.79 Å². The van der Waals surface area contributed by atoms with Gasteiger partial charge in [-0.2, -0.15) is 0 Å². The average Bonchev–Trinajstić information content (AvgIpc) is 2.73. The lowest BCUT2D eigenvalue weighted by Crippen LogP contribution is -2.55. The third kappa shape index (κ3) is 3.79. The zero-order chi connectivity index (χ0) is 20.8. The number of benzene rings is 1. The first-order valence-electron chi connectivity index (χ1n) is 9.50. The topological polar surface area (TPSA) is 59.0 Å². The van der Waals surface area contributed by atoms with E-state index in [0.717, 1.165) is 5.56 Å². The average molecular weight is 378 g/mol. The summed E-state index contributed by atoms with van der Waals surface area (Å²) in [4.78, 5) is 14.7. The highest BCUT2D eigenvalue weighted by molar-refractivity contribution is 5.70. The van der Waals surface area contributed by atoms with E-state index in [4.69, 9.17) is 9.47 Å². The number of rotatable bonds is 2. The van der Waals surface area contributed by atoms with Gasteiger partial charge in [-0.25, -0.2) is 4.79 Å². The highest BCUT2D eigenvalue weighted by Crippen LogP contribution is 2.59. The lowest BCUT2D eigenvalue weighted by atomic mass is 9.60. The van der Waals surface area contributed by atoms with Crippen LogP contribution in [-0.2, 0) is 4.74 Å². The van der Waals surface area contributed by atoms with Gasteiger partial charge in [-0.1, -0.05) is 46.8 Å². The second-order valence-corrected chi connectivity index (χ2v) is 10.2. The number of hydrogen-bond donors (Lipinski definition) is 1. The van der Waals surface area contributed by atoms with Crippen LogP contribution in [0, 0.1) is 10.8 Å². The summed E-state index contributed by atoms with van der Waals surface area (Å²) >= 11 is 0. The Morgan fingerprint density at radius 3 is 2.26 bits per heavy atom. The first kappa shape index (κ1) is 21.5. The summed E-state index contributed by atoms with van der Waals surface area (Å²) in [5.41, 5.74) is -1.94. The minimum absolute atomic E-state index is 0.400. The lowest BCUT2D eigenvalue weighted by Gasteiger charge is -2.49. The van der Waals surface area contributed by atoms with Crippen molar-refractivity contribution in [2.75, 3.05) is 13.7 Å². The molecule has 1 fully saturated rings. The number of nitrogens with zero attached hydrogens (tertiary/aromatic N) is 1. The van der Waals surface area contributed by atoms with E-state index in [1.807, 2.05) is 79.7 Å². The summed E-state index contributed by atoms with van der Waals surface area (Å²) in [5, 5.41) is 12.1. The molecule has 0 radical (unpaired) electrons. The van der Waals surface area contributed by atoms with Crippen LogP contribution in [0.2, 0.25) is 0 Å². The van der Waals surface area contributed by atoms with Gasteiger partial charge in [0.15, 0.2) is 0 Å². The van der Waals surface area contributed by atoms with Crippen molar-refractivity contribution in [3.63, 3.8) is 0 Å². The fraction of sp³-hybridized carbons (Fsp3) is 0.682. The van der Waals surface area contributed by atoms with Crippen molar-refractivity contribution in [2.24, 2.45) is 10.8 Å². The Bertz CT molecular complexity index is 699. The van der Waals surface area contributed by atoms with Crippen LogP contribution in [0.15, 0.2) is 24.3 Å². The van der Waals surface area contributed by atoms with Gasteiger partial charge in [0.05, 0.1) is 13.2 Å². The van der Waals surface area contributed by atoms with Crippen molar-refractivity contribution < 1.29 is 19.4 Å². The molecule has 0 aliphatic carbocycles. The summed E-state index contributed by atoms with van der Waals surface area (Å²) in [6.45, 7) is 16.0. The van der Waals surface area contributed by atoms with Gasteiger partial charge in [-0.3, -0.25) is 4.90 Å². The largest absolute Gasteiger partial charge is 0.497 e. The van der Waals surface area contributed by atoms with Gasteiger partial charge in [0, 0.05) is 12.0 Å². The van der Waals surface area contributed by atoms with Crippen LogP contribution >= 0.6 is 0 Å². The van der Waals surface area contributed by atoms with Crippen molar-refractivity contribution in [1.29, 1.82) is 0 Å². The maximum atomic E-state index is 13.1. The fourth-order valence-electron chi connectivity index (χ4n) is 4.38. The normalized spacial score (nSPS) is 25.4. The number of methoxy groups -OCH3 is 1. The Morgan fingerprint density at radius 2 is 1.78 bits per heavy atom. The van der Waals surface area contributed by atoms with Crippen LogP contribution in [0.5, 0.6) is 5.75 Å². The molecule has 1 N–H and O–H groups in total. The molecule has 1 aromatic carbocycles. The lowest BCUT2D eigenvalue weighted by molar-refractivity contribution is -0.138. The van der Waals surface area contributed by atoms with Crippen molar-refractivity contribution in [1.82, 2.24) is 4.90 Å². The smallest absolute Gasteiger partial charge is 0.410 e. The monoisotopic (exact) mass is 377 g/mol. The van der Waals surface area contributed by atoms with Crippen LogP contribution in [-0.4, -0.2) is 41.0 Å². The number of likely N-dealkylation sites (tertiary alicyclic amines) is 1. The summed E-state index contributed by atoms with van der Waals surface area (Å²) < 4.78 is 11.1. The molecular weight excluding hydrogens is 342 g/mol. The summed E-state index contributed by atoms with van der Waals surface area (Å²) in [6.07, 6.45) is -0.413. The fourth-order valence-corrected chi connectivity index (χ4v) is 4.38. The molecule has 2 rings (SSSR count). The van der Waals surface area contributed by atoms with Gasteiger partial charge < -0.3 is 14.6 Å². The molecule has 5 heteroatoms. The van der Waals surface area contributed by atoms with Crippen molar-refractivity contribution in [3.8, 4) is 5.75 Å². The maximum absolute atomic E-state index is 13.1. The molecule has 0 saturated carbocycles. The number of hydrogen-bond acceptors (Lipinski definition) is 4. The molecule has 1 heterocycles. The van der Waals surface area contributed by atoms with E-state index >= 15 is 0 Å². The molecule has 1 aromatic rings. The third-order valence-electron chi connectivity index (χ3n) is 5.49. The molecule has 0 spiro atoms. The Hall–Kier alpha value is -1.75. The second-order valence-electron chi connectivity index (χ2n) is 10.2. The van der Waals surface area contributed by atoms with E-state index in [9.17, 15) is 9.90 Å². The predicted molar refractivity (Wildman–Crippen MR) is 107 cm³/mol. The summed E-state index contributed by atoms with van der Waals surface area (Å²) in [5.74, 6) is 0.692. The predicted octanol–water partition coefficient (Wildman–Crippen LogP) is 4.79. The molecule has 152 valence electrons. The van der Waals surface area contributed by atoms with Crippen molar-refractivity contribution in [3.05, 3.63) is 29.8 Å². The van der Waals surface area contributed by atoms with Gasteiger partial charge in [0.2, 0.25) is 0 Å². The Morgan fingerprint density at radius 1 is 1.19 bits per heavy atom. The number of amides is 1. The molecule has 0 unspecified atom stereocenters. The van der Waals surface area contributed by atoms with E-state index in [1.54, 1.807) is 12.0 Å². The number of carbonyl (C=O) groups excluding carboxylic acids is 1. The second kappa shape index (κ2) is 6.69. The molecular formula is C22H35NO4. The highest BCUT2D eigenvalue weighted by Gasteiger charge is 2.65. The molecule has 0 aromatic heterocycles. The van der Waals surface area contributed by atoms with E-state index in [1.165, 1.54) is 0 Å². The minimum atomic E-state index is -1.16. The Labute approximate surface area is 163 Å². The Kier molecular flexibility index (Phi) is 5.34. The zero-order valence-corrected chi connectivity index (χ0v) is 18.2. The maximum Gasteiger partial charge on any atom is 0.410 e. The van der Waals surface area contributed by atoms with Crippen LogP contribution in [0.3, 0.4) is 0 Å². The molecule has 1 aliphatic rings. The first-order valence-corrected chi connectivity index (χ1v) is 9.50. The first-order chi connectivity index (χ1) is 12.1. The molecule has 2 atom stereocenters.